The Morgan fingerprint density at radius 1 is 0.867 bits per heavy atom. The van der Waals surface area contributed by atoms with E-state index >= 15 is 0 Å². The molecule has 4 rings (SSSR count). The molecule has 0 atom stereocenters. The number of H-pyrrole nitrogens is 1. The van der Waals surface area contributed by atoms with Crippen molar-refractivity contribution in [2.45, 2.75) is 6.92 Å². The Kier molecular flexibility index (Phi) is 5.22. The molecule has 0 bridgehead atoms. The number of amides is 2. The van der Waals surface area contributed by atoms with Crippen molar-refractivity contribution < 1.29 is 14.3 Å². The number of carbonyl (C=O) groups excluding carboxylic acids is 2. The zero-order valence-electron chi connectivity index (χ0n) is 16.7. The number of anilines is 2. The standard InChI is InChI=1S/C24H21N3O3/c1-15-7-9-16(10-8-15)21-22(19-5-3-4-6-20(19)26-21)27-24(29)25-18-13-11-17(12-14-18)23(28)30-2/h3-14,26H,1-2H3,(H2,25,27,29). The highest BCUT2D eigenvalue weighted by Gasteiger charge is 2.16. The van der Waals surface area contributed by atoms with Crippen LogP contribution in [0.25, 0.3) is 22.2 Å². The molecule has 1 aromatic heterocycles. The summed E-state index contributed by atoms with van der Waals surface area (Å²) in [7, 11) is 1.33. The van der Waals surface area contributed by atoms with Gasteiger partial charge in [0, 0.05) is 22.2 Å². The van der Waals surface area contributed by atoms with Crippen LogP contribution >= 0.6 is 0 Å². The van der Waals surface area contributed by atoms with Crippen molar-refractivity contribution in [1.29, 1.82) is 0 Å². The maximum atomic E-state index is 12.7. The zero-order chi connectivity index (χ0) is 21.1. The number of ether oxygens (including phenoxy) is 1. The van der Waals surface area contributed by atoms with Crippen LogP contribution < -0.4 is 10.6 Å². The molecule has 4 aromatic rings. The number of carbonyl (C=O) groups is 2. The van der Waals surface area contributed by atoms with Gasteiger partial charge in [0.25, 0.3) is 0 Å². The monoisotopic (exact) mass is 399 g/mol. The van der Waals surface area contributed by atoms with Gasteiger partial charge in [-0.25, -0.2) is 9.59 Å². The molecule has 0 unspecified atom stereocenters. The molecule has 150 valence electrons. The summed E-state index contributed by atoms with van der Waals surface area (Å²) in [4.78, 5) is 27.7. The Morgan fingerprint density at radius 3 is 2.27 bits per heavy atom. The minimum Gasteiger partial charge on any atom is -0.465 e. The SMILES string of the molecule is COC(=O)c1ccc(NC(=O)Nc2c(-c3ccc(C)cc3)[nH]c3ccccc23)cc1. The minimum absolute atomic E-state index is 0.376. The summed E-state index contributed by atoms with van der Waals surface area (Å²) < 4.78 is 4.69. The van der Waals surface area contributed by atoms with E-state index in [1.54, 1.807) is 24.3 Å². The van der Waals surface area contributed by atoms with Crippen LogP contribution in [-0.2, 0) is 4.74 Å². The van der Waals surface area contributed by atoms with Crippen molar-refractivity contribution in [1.82, 2.24) is 4.98 Å². The lowest BCUT2D eigenvalue weighted by molar-refractivity contribution is 0.0600. The number of benzene rings is 3. The minimum atomic E-state index is -0.424. The van der Waals surface area contributed by atoms with Crippen molar-refractivity contribution >= 4 is 34.3 Å². The Labute approximate surface area is 173 Å². The lowest BCUT2D eigenvalue weighted by atomic mass is 10.1. The summed E-state index contributed by atoms with van der Waals surface area (Å²) in [5.41, 5.74) is 5.61. The fourth-order valence-corrected chi connectivity index (χ4v) is 3.29. The number of aromatic nitrogens is 1. The van der Waals surface area contributed by atoms with E-state index < -0.39 is 5.97 Å². The van der Waals surface area contributed by atoms with Gasteiger partial charge in [0.2, 0.25) is 0 Å². The summed E-state index contributed by atoms with van der Waals surface area (Å²) >= 11 is 0. The van der Waals surface area contributed by atoms with Crippen LogP contribution in [0.5, 0.6) is 0 Å². The smallest absolute Gasteiger partial charge is 0.337 e. The highest BCUT2D eigenvalue weighted by Crippen LogP contribution is 2.35. The summed E-state index contributed by atoms with van der Waals surface area (Å²) in [5, 5.41) is 6.69. The number of methoxy groups -OCH3 is 1. The van der Waals surface area contributed by atoms with Crippen LogP contribution in [0.15, 0.2) is 72.8 Å². The number of para-hydroxylation sites is 1. The Bertz CT molecular complexity index is 1210. The van der Waals surface area contributed by atoms with Gasteiger partial charge in [0.1, 0.15) is 0 Å². The number of hydrogen-bond acceptors (Lipinski definition) is 3. The highest BCUT2D eigenvalue weighted by molar-refractivity contribution is 6.10. The Morgan fingerprint density at radius 2 is 1.57 bits per heavy atom. The van der Waals surface area contributed by atoms with Crippen molar-refractivity contribution in [2.24, 2.45) is 0 Å². The molecule has 0 aliphatic heterocycles. The molecule has 0 radical (unpaired) electrons. The molecule has 0 fully saturated rings. The van der Waals surface area contributed by atoms with E-state index in [-0.39, 0.29) is 6.03 Å². The van der Waals surface area contributed by atoms with Gasteiger partial charge in [-0.1, -0.05) is 48.0 Å². The number of esters is 1. The zero-order valence-corrected chi connectivity index (χ0v) is 16.7. The lowest BCUT2D eigenvalue weighted by Gasteiger charge is -2.10. The quantitative estimate of drug-likeness (QED) is 0.392. The normalized spacial score (nSPS) is 10.6. The molecule has 3 aromatic carbocycles. The molecule has 0 saturated carbocycles. The first-order valence-electron chi connectivity index (χ1n) is 9.49. The maximum Gasteiger partial charge on any atom is 0.337 e. The van der Waals surface area contributed by atoms with Crippen LogP contribution in [0.1, 0.15) is 15.9 Å². The number of aromatic amines is 1. The molecular formula is C24H21N3O3. The van der Waals surface area contributed by atoms with Gasteiger partial charge in [-0.05, 0) is 37.3 Å². The molecule has 0 spiro atoms. The molecular weight excluding hydrogens is 378 g/mol. The van der Waals surface area contributed by atoms with E-state index in [2.05, 4.69) is 20.4 Å². The number of urea groups is 1. The van der Waals surface area contributed by atoms with Crippen molar-refractivity contribution in [3.05, 3.63) is 83.9 Å². The molecule has 0 saturated heterocycles. The average Bonchev–Trinajstić information content (AvgIpc) is 3.12. The van der Waals surface area contributed by atoms with E-state index in [4.69, 9.17) is 0 Å². The largest absolute Gasteiger partial charge is 0.465 e. The highest BCUT2D eigenvalue weighted by atomic mass is 16.5. The van der Waals surface area contributed by atoms with Crippen molar-refractivity contribution in [3.8, 4) is 11.3 Å². The predicted molar refractivity (Wildman–Crippen MR) is 119 cm³/mol. The molecule has 1 heterocycles. The number of hydrogen-bond donors (Lipinski definition) is 3. The number of fused-ring (bicyclic) bond motifs is 1. The molecule has 3 N–H and O–H groups in total. The second-order valence-electron chi connectivity index (χ2n) is 6.93. The van der Waals surface area contributed by atoms with Crippen LogP contribution in [-0.4, -0.2) is 24.1 Å². The average molecular weight is 399 g/mol. The summed E-state index contributed by atoms with van der Waals surface area (Å²) in [5.74, 6) is -0.424. The maximum absolute atomic E-state index is 12.7. The van der Waals surface area contributed by atoms with Gasteiger partial charge < -0.3 is 20.4 Å². The predicted octanol–water partition coefficient (Wildman–Crippen LogP) is 5.57. The van der Waals surface area contributed by atoms with Gasteiger partial charge in [-0.3, -0.25) is 0 Å². The summed E-state index contributed by atoms with van der Waals surface area (Å²) in [6.07, 6.45) is 0. The second kappa shape index (κ2) is 8.13. The van der Waals surface area contributed by atoms with Crippen LogP contribution in [0.2, 0.25) is 0 Å². The Hall–Kier alpha value is -4.06. The van der Waals surface area contributed by atoms with Gasteiger partial charge in [0.05, 0.1) is 24.1 Å². The van der Waals surface area contributed by atoms with Crippen LogP contribution in [0.4, 0.5) is 16.2 Å². The first-order chi connectivity index (χ1) is 14.5. The number of rotatable bonds is 4. The van der Waals surface area contributed by atoms with E-state index in [9.17, 15) is 9.59 Å². The molecule has 0 aliphatic carbocycles. The molecule has 2 amide bonds. The number of aryl methyl sites for hydroxylation is 1. The van der Waals surface area contributed by atoms with Crippen molar-refractivity contribution in [3.63, 3.8) is 0 Å². The molecule has 6 nitrogen and oxygen atoms in total. The van der Waals surface area contributed by atoms with Crippen molar-refractivity contribution in [2.75, 3.05) is 17.7 Å². The van der Waals surface area contributed by atoms with Gasteiger partial charge in [-0.15, -0.1) is 0 Å². The second-order valence-corrected chi connectivity index (χ2v) is 6.93. The van der Waals surface area contributed by atoms with E-state index in [0.717, 1.165) is 27.7 Å². The van der Waals surface area contributed by atoms with E-state index in [1.807, 2.05) is 55.5 Å². The van der Waals surface area contributed by atoms with Gasteiger partial charge >= 0.3 is 12.0 Å². The molecule has 6 heteroatoms. The fourth-order valence-electron chi connectivity index (χ4n) is 3.29. The first kappa shape index (κ1) is 19.3. The van der Waals surface area contributed by atoms with Crippen LogP contribution in [0, 0.1) is 6.92 Å². The molecule has 0 aliphatic rings. The Balaban J connectivity index is 1.61. The fraction of sp³-hybridized carbons (Fsp3) is 0.0833. The van der Waals surface area contributed by atoms with Gasteiger partial charge in [-0.2, -0.15) is 0 Å². The lowest BCUT2D eigenvalue weighted by Crippen LogP contribution is -2.19. The third kappa shape index (κ3) is 3.89. The number of nitrogens with one attached hydrogen (secondary N) is 3. The van der Waals surface area contributed by atoms with Crippen LogP contribution in [0.3, 0.4) is 0 Å². The van der Waals surface area contributed by atoms with E-state index in [0.29, 0.717) is 16.9 Å². The third-order valence-corrected chi connectivity index (χ3v) is 4.85. The first-order valence-corrected chi connectivity index (χ1v) is 9.49. The van der Waals surface area contributed by atoms with Gasteiger partial charge in [0.15, 0.2) is 0 Å². The third-order valence-electron chi connectivity index (χ3n) is 4.85. The van der Waals surface area contributed by atoms with E-state index in [1.165, 1.54) is 7.11 Å². The summed E-state index contributed by atoms with van der Waals surface area (Å²) in [6.45, 7) is 2.03. The molecule has 30 heavy (non-hydrogen) atoms. The topological polar surface area (TPSA) is 83.2 Å². The summed E-state index contributed by atoms with van der Waals surface area (Å²) in [6, 6.07) is 22.1.